The van der Waals surface area contributed by atoms with Crippen molar-refractivity contribution in [1.29, 1.82) is 0 Å². The molecule has 0 heterocycles. The molecule has 3 aromatic carbocycles. The van der Waals surface area contributed by atoms with Gasteiger partial charge >= 0.3 is 0 Å². The van der Waals surface area contributed by atoms with E-state index >= 15 is 0 Å². The molecule has 1 amide bonds. The van der Waals surface area contributed by atoms with Gasteiger partial charge in [0, 0.05) is 11.6 Å². The molecular formula is C22H22N2O4. The molecule has 0 atom stereocenters. The van der Waals surface area contributed by atoms with E-state index in [0.717, 1.165) is 16.3 Å². The summed E-state index contributed by atoms with van der Waals surface area (Å²) in [4.78, 5) is 12.5. The van der Waals surface area contributed by atoms with Crippen LogP contribution < -0.4 is 19.6 Å². The van der Waals surface area contributed by atoms with E-state index in [9.17, 15) is 4.79 Å². The molecule has 0 radical (unpaired) electrons. The third kappa shape index (κ3) is 4.06. The topological polar surface area (TPSA) is 69.2 Å². The smallest absolute Gasteiger partial charge is 0.275 e. The highest BCUT2D eigenvalue weighted by molar-refractivity contribution is 6.03. The SMILES string of the molecule is CCOc1ccc2ccccc2c1/C=N\NC(=O)c1ccc(OC)cc1OC. The third-order valence-electron chi connectivity index (χ3n) is 4.24. The molecule has 3 aromatic rings. The zero-order chi connectivity index (χ0) is 19.9. The van der Waals surface area contributed by atoms with Crippen molar-refractivity contribution in [2.75, 3.05) is 20.8 Å². The fourth-order valence-electron chi connectivity index (χ4n) is 2.89. The molecule has 144 valence electrons. The molecule has 3 rings (SSSR count). The number of benzene rings is 3. The molecule has 1 N–H and O–H groups in total. The predicted molar refractivity (Wildman–Crippen MR) is 110 cm³/mol. The number of nitrogens with zero attached hydrogens (tertiary/aromatic N) is 1. The van der Waals surface area contributed by atoms with Crippen molar-refractivity contribution in [3.8, 4) is 17.2 Å². The second-order valence-electron chi connectivity index (χ2n) is 5.90. The van der Waals surface area contributed by atoms with E-state index in [2.05, 4.69) is 10.5 Å². The van der Waals surface area contributed by atoms with Crippen molar-refractivity contribution in [1.82, 2.24) is 5.43 Å². The van der Waals surface area contributed by atoms with Crippen LogP contribution in [0.1, 0.15) is 22.8 Å². The van der Waals surface area contributed by atoms with Crippen LogP contribution in [0.4, 0.5) is 0 Å². The lowest BCUT2D eigenvalue weighted by atomic mass is 10.0. The monoisotopic (exact) mass is 378 g/mol. The first kappa shape index (κ1) is 19.2. The molecule has 0 aliphatic rings. The molecule has 6 heteroatoms. The number of carbonyl (C=O) groups is 1. The van der Waals surface area contributed by atoms with Crippen LogP contribution in [0.25, 0.3) is 10.8 Å². The van der Waals surface area contributed by atoms with Gasteiger partial charge in [-0.3, -0.25) is 4.79 Å². The minimum atomic E-state index is -0.381. The number of carbonyl (C=O) groups excluding carboxylic acids is 1. The number of methoxy groups -OCH3 is 2. The Labute approximate surface area is 163 Å². The highest BCUT2D eigenvalue weighted by Crippen LogP contribution is 2.27. The number of rotatable bonds is 7. The summed E-state index contributed by atoms with van der Waals surface area (Å²) < 4.78 is 16.1. The maximum absolute atomic E-state index is 12.5. The molecule has 0 aliphatic heterocycles. The minimum absolute atomic E-state index is 0.364. The first-order valence-electron chi connectivity index (χ1n) is 8.88. The van der Waals surface area contributed by atoms with Gasteiger partial charge in [0.25, 0.3) is 5.91 Å². The van der Waals surface area contributed by atoms with Crippen molar-refractivity contribution in [2.24, 2.45) is 5.10 Å². The van der Waals surface area contributed by atoms with Gasteiger partial charge in [-0.1, -0.05) is 30.3 Å². The number of amides is 1. The van der Waals surface area contributed by atoms with E-state index in [1.807, 2.05) is 43.3 Å². The van der Waals surface area contributed by atoms with Crippen LogP contribution in [0, 0.1) is 0 Å². The molecule has 28 heavy (non-hydrogen) atoms. The molecule has 6 nitrogen and oxygen atoms in total. The van der Waals surface area contributed by atoms with E-state index in [-0.39, 0.29) is 5.91 Å². The van der Waals surface area contributed by atoms with E-state index in [4.69, 9.17) is 14.2 Å². The summed E-state index contributed by atoms with van der Waals surface area (Å²) in [5, 5.41) is 6.20. The third-order valence-corrected chi connectivity index (χ3v) is 4.24. The van der Waals surface area contributed by atoms with Crippen LogP contribution in [-0.4, -0.2) is 32.9 Å². The van der Waals surface area contributed by atoms with Crippen molar-refractivity contribution in [3.63, 3.8) is 0 Å². The van der Waals surface area contributed by atoms with Crippen LogP contribution in [0.3, 0.4) is 0 Å². The zero-order valence-electron chi connectivity index (χ0n) is 16.1. The standard InChI is InChI=1S/C22H22N2O4/c1-4-28-20-12-9-15-7-5-6-8-17(15)19(20)14-23-24-22(25)18-11-10-16(26-2)13-21(18)27-3/h5-14H,4H2,1-3H3,(H,24,25)/b23-14-. The summed E-state index contributed by atoms with van der Waals surface area (Å²) in [5.41, 5.74) is 3.72. The number of hydrazone groups is 1. The summed E-state index contributed by atoms with van der Waals surface area (Å²) in [5.74, 6) is 1.34. The van der Waals surface area contributed by atoms with E-state index in [1.54, 1.807) is 31.5 Å². The largest absolute Gasteiger partial charge is 0.497 e. The van der Waals surface area contributed by atoms with Crippen LogP contribution in [0.5, 0.6) is 17.2 Å². The zero-order valence-corrected chi connectivity index (χ0v) is 16.1. The van der Waals surface area contributed by atoms with Gasteiger partial charge < -0.3 is 14.2 Å². The minimum Gasteiger partial charge on any atom is -0.497 e. The lowest BCUT2D eigenvalue weighted by Gasteiger charge is -2.11. The number of nitrogens with one attached hydrogen (secondary N) is 1. The van der Waals surface area contributed by atoms with Gasteiger partial charge in [-0.15, -0.1) is 0 Å². The normalized spacial score (nSPS) is 10.8. The van der Waals surface area contributed by atoms with Crippen molar-refractivity contribution >= 4 is 22.9 Å². The lowest BCUT2D eigenvalue weighted by molar-refractivity contribution is 0.0952. The number of hydrogen-bond donors (Lipinski definition) is 1. The van der Waals surface area contributed by atoms with Gasteiger partial charge in [-0.05, 0) is 35.9 Å². The maximum atomic E-state index is 12.5. The average molecular weight is 378 g/mol. The fraction of sp³-hybridized carbons (Fsp3) is 0.182. The summed E-state index contributed by atoms with van der Waals surface area (Å²) in [6, 6.07) is 16.8. The Kier molecular flexibility index (Phi) is 6.11. The van der Waals surface area contributed by atoms with Gasteiger partial charge in [-0.2, -0.15) is 5.10 Å². The molecular weight excluding hydrogens is 356 g/mol. The Balaban J connectivity index is 1.87. The number of ether oxygens (including phenoxy) is 3. The van der Waals surface area contributed by atoms with Crippen molar-refractivity contribution < 1.29 is 19.0 Å². The Hall–Kier alpha value is -3.54. The maximum Gasteiger partial charge on any atom is 0.275 e. The molecule has 0 unspecified atom stereocenters. The van der Waals surface area contributed by atoms with Crippen molar-refractivity contribution in [3.05, 3.63) is 65.7 Å². The van der Waals surface area contributed by atoms with Gasteiger partial charge in [-0.25, -0.2) is 5.43 Å². The molecule has 0 fully saturated rings. The lowest BCUT2D eigenvalue weighted by Crippen LogP contribution is -2.18. The number of hydrogen-bond acceptors (Lipinski definition) is 5. The summed E-state index contributed by atoms with van der Waals surface area (Å²) in [6.45, 7) is 2.46. The molecule has 0 saturated carbocycles. The van der Waals surface area contributed by atoms with Gasteiger partial charge in [0.15, 0.2) is 0 Å². The second-order valence-corrected chi connectivity index (χ2v) is 5.90. The molecule has 0 bridgehead atoms. The number of fused-ring (bicyclic) bond motifs is 1. The first-order chi connectivity index (χ1) is 13.7. The highest BCUT2D eigenvalue weighted by Gasteiger charge is 2.13. The molecule has 0 aliphatic carbocycles. The average Bonchev–Trinajstić information content (AvgIpc) is 2.74. The van der Waals surface area contributed by atoms with Gasteiger partial charge in [0.05, 0.1) is 32.6 Å². The van der Waals surface area contributed by atoms with E-state index < -0.39 is 0 Å². The predicted octanol–water partition coefficient (Wildman–Crippen LogP) is 4.02. The Bertz CT molecular complexity index is 1010. The molecule has 0 saturated heterocycles. The quantitative estimate of drug-likeness (QED) is 0.498. The van der Waals surface area contributed by atoms with Gasteiger partial charge in [0.1, 0.15) is 17.2 Å². The second kappa shape index (κ2) is 8.90. The van der Waals surface area contributed by atoms with Gasteiger partial charge in [0.2, 0.25) is 0 Å². The highest BCUT2D eigenvalue weighted by atomic mass is 16.5. The van der Waals surface area contributed by atoms with Crippen molar-refractivity contribution in [2.45, 2.75) is 6.92 Å². The molecule has 0 aromatic heterocycles. The van der Waals surface area contributed by atoms with Crippen LogP contribution >= 0.6 is 0 Å². The van der Waals surface area contributed by atoms with Crippen LogP contribution in [0.2, 0.25) is 0 Å². The van der Waals surface area contributed by atoms with Crippen LogP contribution in [-0.2, 0) is 0 Å². The van der Waals surface area contributed by atoms with E-state index in [0.29, 0.717) is 29.4 Å². The first-order valence-corrected chi connectivity index (χ1v) is 8.88. The summed E-state index contributed by atoms with van der Waals surface area (Å²) >= 11 is 0. The Morgan fingerprint density at radius 3 is 2.61 bits per heavy atom. The Morgan fingerprint density at radius 1 is 1.04 bits per heavy atom. The van der Waals surface area contributed by atoms with Crippen LogP contribution in [0.15, 0.2) is 59.7 Å². The summed E-state index contributed by atoms with van der Waals surface area (Å²) in [7, 11) is 3.05. The summed E-state index contributed by atoms with van der Waals surface area (Å²) in [6.07, 6.45) is 1.60. The molecule has 0 spiro atoms. The van der Waals surface area contributed by atoms with E-state index in [1.165, 1.54) is 7.11 Å². The fourth-order valence-corrected chi connectivity index (χ4v) is 2.89. The Morgan fingerprint density at radius 2 is 1.86 bits per heavy atom.